The largest absolute Gasteiger partial charge is 0.358 e. The Balaban J connectivity index is 1.46. The van der Waals surface area contributed by atoms with Crippen molar-refractivity contribution in [2.45, 2.75) is 86.6 Å². The van der Waals surface area contributed by atoms with Crippen LogP contribution in [0.5, 0.6) is 0 Å². The third-order valence-electron chi connectivity index (χ3n) is 10.3. The Morgan fingerprint density at radius 1 is 0.842 bits per heavy atom. The molecular weight excluding hydrogens is 781 g/mol. The van der Waals surface area contributed by atoms with Gasteiger partial charge >= 0.3 is 0 Å². The summed E-state index contributed by atoms with van der Waals surface area (Å²) in [6.45, 7) is 3.22. The topological polar surface area (TPSA) is 184 Å². The number of likely N-dealkylation sites (N-methyl/N-ethyl adjacent to an activating group) is 1. The maximum atomic E-state index is 14.7. The van der Waals surface area contributed by atoms with Crippen molar-refractivity contribution in [3.8, 4) is 11.1 Å². The number of nitrogens with one attached hydrogen (secondary N) is 4. The Kier molecular flexibility index (Phi) is 14.6. The third-order valence-corrected chi connectivity index (χ3v) is 12.2. The molecule has 3 atom stereocenters. The van der Waals surface area contributed by atoms with E-state index in [9.17, 15) is 14.4 Å². The minimum atomic E-state index is -0.942. The number of carbonyl (C=O) groups excluding carboxylic acids is 3. The van der Waals surface area contributed by atoms with Crippen LogP contribution in [0.1, 0.15) is 54.5 Å². The molecule has 57 heavy (non-hydrogen) atoms. The van der Waals surface area contributed by atoms with Gasteiger partial charge in [0.25, 0.3) is 0 Å². The molecule has 15 heteroatoms. The number of fused-ring (bicyclic) bond motifs is 3. The molecule has 3 amide bonds. The number of benzene rings is 2. The van der Waals surface area contributed by atoms with Crippen LogP contribution in [0.4, 0.5) is 0 Å². The summed E-state index contributed by atoms with van der Waals surface area (Å²) in [6.07, 6.45) is 6.24. The number of carbonyl (C=O) groups is 3. The molecule has 6 rings (SSSR count). The number of aryl methyl sites for hydroxylation is 1. The molecule has 4 heterocycles. The predicted octanol–water partition coefficient (Wildman–Crippen LogP) is 5.90. The number of halogens is 2. The van der Waals surface area contributed by atoms with Crippen LogP contribution >= 0.6 is 35.0 Å². The van der Waals surface area contributed by atoms with Gasteiger partial charge < -0.3 is 37.3 Å². The lowest BCUT2D eigenvalue weighted by molar-refractivity contribution is -0.142. The third kappa shape index (κ3) is 10.3. The standard InChI is InChI=1S/C42H49Cl2N9O3S/c1-25-31(30-10-3-4-11-33(30)51-25)22-36-40(55)50-24-29-19-28(26-14-18-47-37(44)21-26)20-32(43)38(29)57-41-27(9-8-17-48-41)23-49-34(13-7-16-46)39(54)52-35(12-5-6-15-45)42(56)53(36)2/h3-4,8-11,14,17-21,34-36,49,51H,5-7,12-13,15-16,22-24,45-46H2,1-2H3,(H,50,55)(H,52,54)/t34-,35?,36-/m0/s1. The number of aromatic nitrogens is 3. The molecule has 12 nitrogen and oxygen atoms in total. The van der Waals surface area contributed by atoms with E-state index >= 15 is 0 Å². The van der Waals surface area contributed by atoms with Gasteiger partial charge in [0.15, 0.2) is 0 Å². The van der Waals surface area contributed by atoms with Crippen LogP contribution in [0.25, 0.3) is 22.0 Å². The summed E-state index contributed by atoms with van der Waals surface area (Å²) in [7, 11) is 1.63. The molecule has 0 fully saturated rings. The number of amides is 3. The van der Waals surface area contributed by atoms with Crippen molar-refractivity contribution in [3.63, 3.8) is 0 Å². The molecule has 3 aromatic heterocycles. The van der Waals surface area contributed by atoms with Gasteiger partial charge in [-0.15, -0.1) is 0 Å². The number of H-pyrrole nitrogens is 1. The lowest BCUT2D eigenvalue weighted by Crippen LogP contribution is -2.57. The summed E-state index contributed by atoms with van der Waals surface area (Å²) >= 11 is 14.8. The number of nitrogens with two attached hydrogens (primary N) is 2. The molecule has 1 aliphatic rings. The zero-order valence-corrected chi connectivity index (χ0v) is 34.4. The second kappa shape index (κ2) is 19.8. The van der Waals surface area contributed by atoms with Gasteiger partial charge in [0.1, 0.15) is 22.3 Å². The second-order valence-electron chi connectivity index (χ2n) is 14.3. The molecule has 0 spiro atoms. The summed E-state index contributed by atoms with van der Waals surface area (Å²) in [5.74, 6) is -1.06. The van der Waals surface area contributed by atoms with Crippen molar-refractivity contribution in [3.05, 3.63) is 106 Å². The minimum Gasteiger partial charge on any atom is -0.358 e. The highest BCUT2D eigenvalue weighted by atomic mass is 35.5. The van der Waals surface area contributed by atoms with E-state index in [2.05, 4.69) is 25.9 Å². The number of rotatable bonds is 10. The number of aromatic amines is 1. The van der Waals surface area contributed by atoms with Crippen molar-refractivity contribution in [2.24, 2.45) is 11.5 Å². The number of hydrogen-bond donors (Lipinski definition) is 6. The monoisotopic (exact) mass is 829 g/mol. The summed E-state index contributed by atoms with van der Waals surface area (Å²) in [5, 5.41) is 12.1. The van der Waals surface area contributed by atoms with Crippen LogP contribution in [-0.2, 0) is 33.9 Å². The highest BCUT2D eigenvalue weighted by molar-refractivity contribution is 7.99. The fourth-order valence-electron chi connectivity index (χ4n) is 7.19. The number of nitrogens with zero attached hydrogens (tertiary/aromatic N) is 3. The quantitative estimate of drug-likeness (QED) is 0.0737. The van der Waals surface area contributed by atoms with E-state index in [1.165, 1.54) is 16.7 Å². The van der Waals surface area contributed by atoms with Gasteiger partial charge in [-0.3, -0.25) is 14.4 Å². The van der Waals surface area contributed by atoms with E-state index in [0.717, 1.165) is 44.4 Å². The van der Waals surface area contributed by atoms with Crippen molar-refractivity contribution < 1.29 is 14.4 Å². The molecule has 0 bridgehead atoms. The maximum Gasteiger partial charge on any atom is 0.245 e. The van der Waals surface area contributed by atoms with Gasteiger partial charge in [0.05, 0.1) is 11.1 Å². The Bertz CT molecular complexity index is 2220. The normalized spacial score (nSPS) is 18.5. The van der Waals surface area contributed by atoms with Crippen LogP contribution in [0.15, 0.2) is 83.0 Å². The van der Waals surface area contributed by atoms with Gasteiger partial charge in [-0.2, -0.15) is 0 Å². The smallest absolute Gasteiger partial charge is 0.245 e. The van der Waals surface area contributed by atoms with Crippen molar-refractivity contribution in [2.75, 3.05) is 20.1 Å². The van der Waals surface area contributed by atoms with E-state index in [1.54, 1.807) is 25.5 Å². The van der Waals surface area contributed by atoms with E-state index in [1.807, 2.05) is 61.5 Å². The molecule has 0 radical (unpaired) electrons. The zero-order valence-electron chi connectivity index (χ0n) is 32.1. The van der Waals surface area contributed by atoms with E-state index in [0.29, 0.717) is 71.8 Å². The molecule has 0 aliphatic carbocycles. The molecular formula is C42H49Cl2N9O3S. The predicted molar refractivity (Wildman–Crippen MR) is 227 cm³/mol. The van der Waals surface area contributed by atoms with Crippen LogP contribution in [0.3, 0.4) is 0 Å². The molecule has 300 valence electrons. The van der Waals surface area contributed by atoms with E-state index in [-0.39, 0.29) is 30.7 Å². The molecule has 1 aliphatic heterocycles. The minimum absolute atomic E-state index is 0.0944. The van der Waals surface area contributed by atoms with E-state index in [4.69, 9.17) is 39.7 Å². The number of pyridine rings is 2. The molecule has 5 aromatic rings. The average molecular weight is 831 g/mol. The number of unbranched alkanes of at least 4 members (excludes halogenated alkanes) is 1. The summed E-state index contributed by atoms with van der Waals surface area (Å²) in [5.41, 5.74) is 17.7. The van der Waals surface area contributed by atoms with Crippen LogP contribution < -0.4 is 27.4 Å². The Morgan fingerprint density at radius 3 is 2.42 bits per heavy atom. The highest BCUT2D eigenvalue weighted by Gasteiger charge is 2.34. The SMILES string of the molecule is Cc1[nH]c2ccccc2c1C[C@H]1C(=O)NCc2cc(-c3ccnc(Cl)c3)cc(Cl)c2Sc2ncccc2CN[C@@H](CCCN)C(=O)NC(CCCCN)C(=O)N1C. The first-order valence-corrected chi connectivity index (χ1v) is 20.8. The van der Waals surface area contributed by atoms with Gasteiger partial charge in [-0.05, 0) is 116 Å². The average Bonchev–Trinajstić information content (AvgIpc) is 3.53. The van der Waals surface area contributed by atoms with Gasteiger partial charge in [0.2, 0.25) is 17.7 Å². The summed E-state index contributed by atoms with van der Waals surface area (Å²) in [6, 6.07) is 16.6. The first-order valence-electron chi connectivity index (χ1n) is 19.2. The fourth-order valence-corrected chi connectivity index (χ4v) is 8.72. The zero-order chi connectivity index (χ0) is 40.5. The lowest BCUT2D eigenvalue weighted by atomic mass is 9.99. The van der Waals surface area contributed by atoms with Crippen LogP contribution in [0, 0.1) is 6.92 Å². The molecule has 8 N–H and O–H groups in total. The Labute approximate surface area is 347 Å². The molecule has 0 saturated carbocycles. The van der Waals surface area contributed by atoms with Crippen molar-refractivity contribution >= 4 is 63.6 Å². The number of hydrogen-bond acceptors (Lipinski definition) is 9. The molecule has 2 aromatic carbocycles. The summed E-state index contributed by atoms with van der Waals surface area (Å²) < 4.78 is 0. The van der Waals surface area contributed by atoms with Gasteiger partial charge in [-0.1, -0.05) is 59.2 Å². The first kappa shape index (κ1) is 42.1. The summed E-state index contributed by atoms with van der Waals surface area (Å²) in [4.78, 5) is 57.9. The van der Waals surface area contributed by atoms with Gasteiger partial charge in [0, 0.05) is 60.4 Å². The Hall–Kier alpha value is -4.50. The van der Waals surface area contributed by atoms with Crippen molar-refractivity contribution in [1.29, 1.82) is 0 Å². The van der Waals surface area contributed by atoms with Gasteiger partial charge in [-0.25, -0.2) is 9.97 Å². The number of para-hydroxylation sites is 1. The lowest BCUT2D eigenvalue weighted by Gasteiger charge is -2.32. The first-order chi connectivity index (χ1) is 27.6. The highest BCUT2D eigenvalue weighted by Crippen LogP contribution is 2.40. The Morgan fingerprint density at radius 2 is 1.63 bits per heavy atom. The fraction of sp³-hybridized carbons (Fsp3) is 0.357. The second-order valence-corrected chi connectivity index (χ2v) is 16.0. The van der Waals surface area contributed by atoms with Crippen LogP contribution in [-0.4, -0.2) is 75.8 Å². The van der Waals surface area contributed by atoms with Crippen LogP contribution in [0.2, 0.25) is 10.2 Å². The van der Waals surface area contributed by atoms with E-state index < -0.39 is 18.1 Å². The maximum absolute atomic E-state index is 14.7. The molecule has 1 unspecified atom stereocenters. The van der Waals surface area contributed by atoms with Crippen molar-refractivity contribution in [1.82, 2.24) is 35.8 Å². The molecule has 0 saturated heterocycles.